The first-order chi connectivity index (χ1) is 12.5. The van der Waals surface area contributed by atoms with Gasteiger partial charge in [0.05, 0.1) is 16.8 Å². The Bertz CT molecular complexity index is 916. The predicted molar refractivity (Wildman–Crippen MR) is 100 cm³/mol. The molecular weight excluding hydrogens is 324 g/mol. The molecule has 4 heteroatoms. The SMILES string of the molecule is Cc1cc(C)c(C(=O)O)cc1CC1C2CN(c3ccccc3C#N)CC12. The average molecular weight is 346 g/mol. The standard InChI is InChI=1S/C22H22N2O2/c1-13-7-14(2)17(22(25)26)8-16(13)9-18-19-11-24(12-20(18)19)21-6-4-3-5-15(21)10-23/h3-8,18-20H,9,11-12H2,1-2H3,(H,25,26). The minimum Gasteiger partial charge on any atom is -0.478 e. The summed E-state index contributed by atoms with van der Waals surface area (Å²) in [5.41, 5.74) is 5.38. The molecule has 2 aliphatic rings. The van der Waals surface area contributed by atoms with E-state index in [1.54, 1.807) is 0 Å². The highest BCUT2D eigenvalue weighted by Gasteiger charge is 2.55. The van der Waals surface area contributed by atoms with E-state index in [1.807, 2.05) is 43.3 Å². The number of nitriles is 1. The van der Waals surface area contributed by atoms with E-state index in [-0.39, 0.29) is 0 Å². The van der Waals surface area contributed by atoms with E-state index in [4.69, 9.17) is 0 Å². The van der Waals surface area contributed by atoms with E-state index in [1.165, 1.54) is 5.56 Å². The summed E-state index contributed by atoms with van der Waals surface area (Å²) in [6, 6.07) is 13.9. The molecule has 2 aromatic carbocycles. The zero-order chi connectivity index (χ0) is 18.4. The Morgan fingerprint density at radius 1 is 1.19 bits per heavy atom. The first-order valence-corrected chi connectivity index (χ1v) is 9.07. The van der Waals surface area contributed by atoms with Crippen molar-refractivity contribution in [2.24, 2.45) is 17.8 Å². The van der Waals surface area contributed by atoms with E-state index < -0.39 is 5.97 Å². The third-order valence-corrected chi connectivity index (χ3v) is 6.11. The van der Waals surface area contributed by atoms with Crippen LogP contribution in [0.1, 0.15) is 32.6 Å². The van der Waals surface area contributed by atoms with Crippen LogP contribution in [0.5, 0.6) is 0 Å². The van der Waals surface area contributed by atoms with Gasteiger partial charge in [0, 0.05) is 13.1 Å². The van der Waals surface area contributed by atoms with E-state index in [2.05, 4.69) is 17.9 Å². The van der Waals surface area contributed by atoms with Crippen molar-refractivity contribution in [3.05, 3.63) is 64.2 Å². The normalized spacial score (nSPS) is 23.4. The summed E-state index contributed by atoms with van der Waals surface area (Å²) in [5, 5.41) is 18.7. The number of carboxylic acid groups (broad SMARTS) is 1. The molecule has 1 aliphatic carbocycles. The summed E-state index contributed by atoms with van der Waals surface area (Å²) in [5.74, 6) is 1.08. The molecule has 4 rings (SSSR count). The van der Waals surface area contributed by atoms with Crippen molar-refractivity contribution >= 4 is 11.7 Å². The lowest BCUT2D eigenvalue weighted by atomic mass is 9.95. The molecule has 0 spiro atoms. The fraction of sp³-hybridized carbons (Fsp3) is 0.364. The molecule has 4 nitrogen and oxygen atoms in total. The van der Waals surface area contributed by atoms with Crippen molar-refractivity contribution in [2.45, 2.75) is 20.3 Å². The summed E-state index contributed by atoms with van der Waals surface area (Å²) in [6.07, 6.45) is 0.954. The lowest BCUT2D eigenvalue weighted by Crippen LogP contribution is -2.25. The number of benzene rings is 2. The molecule has 0 bridgehead atoms. The zero-order valence-electron chi connectivity index (χ0n) is 15.1. The quantitative estimate of drug-likeness (QED) is 0.914. The summed E-state index contributed by atoms with van der Waals surface area (Å²) < 4.78 is 0. The topological polar surface area (TPSA) is 64.3 Å². The Kier molecular flexibility index (Phi) is 3.96. The van der Waals surface area contributed by atoms with Crippen molar-refractivity contribution in [1.29, 1.82) is 5.26 Å². The molecule has 1 aliphatic heterocycles. The molecule has 0 amide bonds. The molecule has 0 radical (unpaired) electrons. The van der Waals surface area contributed by atoms with Crippen LogP contribution in [0.15, 0.2) is 36.4 Å². The van der Waals surface area contributed by atoms with E-state index in [9.17, 15) is 15.2 Å². The van der Waals surface area contributed by atoms with Gasteiger partial charge in [-0.05, 0) is 72.9 Å². The van der Waals surface area contributed by atoms with Crippen molar-refractivity contribution < 1.29 is 9.90 Å². The van der Waals surface area contributed by atoms with Crippen molar-refractivity contribution in [1.82, 2.24) is 0 Å². The summed E-state index contributed by atoms with van der Waals surface area (Å²) in [6.45, 7) is 5.91. The highest BCUT2D eigenvalue weighted by atomic mass is 16.4. The van der Waals surface area contributed by atoms with Crippen molar-refractivity contribution in [3.63, 3.8) is 0 Å². The number of hydrogen-bond acceptors (Lipinski definition) is 3. The number of aryl methyl sites for hydroxylation is 2. The molecule has 1 saturated carbocycles. The van der Waals surface area contributed by atoms with E-state index in [0.717, 1.165) is 41.9 Å². The largest absolute Gasteiger partial charge is 0.478 e. The van der Waals surface area contributed by atoms with Gasteiger partial charge in [-0.2, -0.15) is 5.26 Å². The third-order valence-electron chi connectivity index (χ3n) is 6.11. The van der Waals surface area contributed by atoms with Gasteiger partial charge in [0.2, 0.25) is 0 Å². The smallest absolute Gasteiger partial charge is 0.335 e. The monoisotopic (exact) mass is 346 g/mol. The molecule has 1 N–H and O–H groups in total. The Hall–Kier alpha value is -2.80. The van der Waals surface area contributed by atoms with E-state index in [0.29, 0.717) is 23.3 Å². The maximum atomic E-state index is 11.4. The maximum absolute atomic E-state index is 11.4. The van der Waals surface area contributed by atoms with Crippen LogP contribution in [-0.2, 0) is 6.42 Å². The van der Waals surface area contributed by atoms with Gasteiger partial charge >= 0.3 is 5.97 Å². The lowest BCUT2D eigenvalue weighted by Gasteiger charge is -2.23. The van der Waals surface area contributed by atoms with Crippen LogP contribution in [-0.4, -0.2) is 24.2 Å². The van der Waals surface area contributed by atoms with Crippen LogP contribution in [0.3, 0.4) is 0 Å². The Morgan fingerprint density at radius 3 is 2.54 bits per heavy atom. The third kappa shape index (κ3) is 2.74. The van der Waals surface area contributed by atoms with Crippen molar-refractivity contribution in [2.75, 3.05) is 18.0 Å². The Labute approximate surface area is 153 Å². The number of fused-ring (bicyclic) bond motifs is 1. The number of nitrogens with zero attached hydrogens (tertiary/aromatic N) is 2. The lowest BCUT2D eigenvalue weighted by molar-refractivity contribution is 0.0696. The second kappa shape index (κ2) is 6.17. The molecule has 132 valence electrons. The predicted octanol–water partition coefficient (Wildman–Crippen LogP) is 3.80. The summed E-state index contributed by atoms with van der Waals surface area (Å²) in [7, 11) is 0. The summed E-state index contributed by atoms with van der Waals surface area (Å²) >= 11 is 0. The molecular formula is C22H22N2O2. The van der Waals surface area contributed by atoms with Gasteiger partial charge in [-0.3, -0.25) is 0 Å². The molecule has 2 fully saturated rings. The van der Waals surface area contributed by atoms with Gasteiger partial charge in [0.25, 0.3) is 0 Å². The molecule has 26 heavy (non-hydrogen) atoms. The molecule has 0 aromatic heterocycles. The van der Waals surface area contributed by atoms with Crippen LogP contribution >= 0.6 is 0 Å². The first-order valence-electron chi connectivity index (χ1n) is 9.07. The van der Waals surface area contributed by atoms with Crippen LogP contribution in [0.4, 0.5) is 5.69 Å². The van der Waals surface area contributed by atoms with Gasteiger partial charge in [-0.25, -0.2) is 4.79 Å². The van der Waals surface area contributed by atoms with Crippen LogP contribution in [0.2, 0.25) is 0 Å². The molecule has 1 heterocycles. The average Bonchev–Trinajstić information content (AvgIpc) is 3.05. The molecule has 2 atom stereocenters. The van der Waals surface area contributed by atoms with E-state index >= 15 is 0 Å². The number of para-hydroxylation sites is 1. The molecule has 2 aromatic rings. The van der Waals surface area contributed by atoms with Gasteiger partial charge < -0.3 is 10.0 Å². The van der Waals surface area contributed by atoms with Gasteiger partial charge in [0.1, 0.15) is 6.07 Å². The number of hydrogen-bond donors (Lipinski definition) is 1. The maximum Gasteiger partial charge on any atom is 0.335 e. The Morgan fingerprint density at radius 2 is 1.88 bits per heavy atom. The number of carboxylic acids is 1. The fourth-order valence-corrected chi connectivity index (χ4v) is 4.59. The van der Waals surface area contributed by atoms with Gasteiger partial charge in [0.15, 0.2) is 0 Å². The zero-order valence-corrected chi connectivity index (χ0v) is 15.1. The van der Waals surface area contributed by atoms with Crippen LogP contribution in [0.25, 0.3) is 0 Å². The van der Waals surface area contributed by atoms with Crippen molar-refractivity contribution in [3.8, 4) is 6.07 Å². The van der Waals surface area contributed by atoms with Crippen LogP contribution in [0, 0.1) is 42.9 Å². The highest BCUT2D eigenvalue weighted by Crippen LogP contribution is 2.54. The number of piperidine rings is 1. The summed E-state index contributed by atoms with van der Waals surface area (Å²) in [4.78, 5) is 13.7. The first kappa shape index (κ1) is 16.7. The minimum absolute atomic E-state index is 0.418. The van der Waals surface area contributed by atoms with Gasteiger partial charge in [-0.15, -0.1) is 0 Å². The minimum atomic E-state index is -0.848. The van der Waals surface area contributed by atoms with Crippen LogP contribution < -0.4 is 4.90 Å². The number of carbonyl (C=O) groups is 1. The fourth-order valence-electron chi connectivity index (χ4n) is 4.59. The second-order valence-corrected chi connectivity index (χ2v) is 7.63. The second-order valence-electron chi connectivity index (χ2n) is 7.63. The number of rotatable bonds is 4. The Balaban J connectivity index is 1.47. The number of aromatic carboxylic acids is 1. The molecule has 2 unspecified atom stereocenters. The highest BCUT2D eigenvalue weighted by molar-refractivity contribution is 5.89. The van der Waals surface area contributed by atoms with Gasteiger partial charge in [-0.1, -0.05) is 18.2 Å². The number of anilines is 1. The molecule has 1 saturated heterocycles.